The summed E-state index contributed by atoms with van der Waals surface area (Å²) in [6.45, 7) is 5.61. The first-order valence-electron chi connectivity index (χ1n) is 7.05. The second kappa shape index (κ2) is 6.15. The van der Waals surface area contributed by atoms with E-state index in [-0.39, 0.29) is 6.09 Å². The van der Waals surface area contributed by atoms with E-state index in [2.05, 4.69) is 31.9 Å². The fourth-order valence-electron chi connectivity index (χ4n) is 2.26. The zero-order valence-electron chi connectivity index (χ0n) is 12.9. The SMILES string of the molecule is CC(C)(C)OC(=O)N1c2ccc(Br)cc2Sc2cc(Br)ccc21. The molecule has 2 aromatic carbocycles. The summed E-state index contributed by atoms with van der Waals surface area (Å²) in [6, 6.07) is 11.8. The molecule has 0 saturated heterocycles. The Balaban J connectivity index is 2.12. The highest BCUT2D eigenvalue weighted by molar-refractivity contribution is 9.10. The third-order valence-corrected chi connectivity index (χ3v) is 5.20. The molecule has 0 atom stereocenters. The molecule has 3 rings (SSSR count). The smallest absolute Gasteiger partial charge is 0.419 e. The number of hydrogen-bond donors (Lipinski definition) is 0. The number of carbonyl (C=O) groups is 1. The maximum Gasteiger partial charge on any atom is 0.419 e. The van der Waals surface area contributed by atoms with Gasteiger partial charge in [0, 0.05) is 18.7 Å². The summed E-state index contributed by atoms with van der Waals surface area (Å²) in [5.41, 5.74) is 1.12. The summed E-state index contributed by atoms with van der Waals surface area (Å²) in [4.78, 5) is 16.4. The Hall–Kier alpha value is -0.980. The molecule has 0 aromatic heterocycles. The van der Waals surface area contributed by atoms with Gasteiger partial charge in [-0.05, 0) is 57.2 Å². The minimum Gasteiger partial charge on any atom is -0.443 e. The summed E-state index contributed by atoms with van der Waals surface area (Å²) >= 11 is 8.63. The van der Waals surface area contributed by atoms with Gasteiger partial charge in [-0.15, -0.1) is 0 Å². The molecule has 0 saturated carbocycles. The van der Waals surface area contributed by atoms with Crippen LogP contribution >= 0.6 is 43.6 Å². The maximum absolute atomic E-state index is 12.8. The molecule has 1 amide bonds. The normalized spacial score (nSPS) is 13.3. The molecule has 0 aliphatic carbocycles. The van der Waals surface area contributed by atoms with Crippen molar-refractivity contribution < 1.29 is 9.53 Å². The molecular weight excluding hydrogens is 442 g/mol. The molecule has 0 radical (unpaired) electrons. The maximum atomic E-state index is 12.8. The van der Waals surface area contributed by atoms with E-state index in [0.29, 0.717) is 0 Å². The highest BCUT2D eigenvalue weighted by atomic mass is 79.9. The Bertz CT molecular complexity index is 735. The number of hydrogen-bond acceptors (Lipinski definition) is 3. The Kier molecular flexibility index (Phi) is 4.51. The Morgan fingerprint density at radius 1 is 1.00 bits per heavy atom. The van der Waals surface area contributed by atoms with E-state index in [1.807, 2.05) is 57.2 Å². The number of anilines is 2. The molecule has 1 aliphatic heterocycles. The fourth-order valence-corrected chi connectivity index (χ4v) is 4.42. The van der Waals surface area contributed by atoms with Gasteiger partial charge in [0.05, 0.1) is 11.4 Å². The number of fused-ring (bicyclic) bond motifs is 2. The van der Waals surface area contributed by atoms with E-state index in [1.165, 1.54) is 0 Å². The van der Waals surface area contributed by atoms with Gasteiger partial charge in [-0.2, -0.15) is 0 Å². The van der Waals surface area contributed by atoms with Crippen molar-refractivity contribution in [1.82, 2.24) is 0 Å². The van der Waals surface area contributed by atoms with Gasteiger partial charge in [-0.1, -0.05) is 43.6 Å². The van der Waals surface area contributed by atoms with Gasteiger partial charge in [0.15, 0.2) is 0 Å². The van der Waals surface area contributed by atoms with Crippen LogP contribution < -0.4 is 4.90 Å². The van der Waals surface area contributed by atoms with Crippen molar-refractivity contribution in [2.75, 3.05) is 4.90 Å². The molecule has 0 bridgehead atoms. The van der Waals surface area contributed by atoms with Crippen LogP contribution in [0.1, 0.15) is 20.8 Å². The molecule has 6 heteroatoms. The molecule has 1 aliphatic rings. The van der Waals surface area contributed by atoms with E-state index in [0.717, 1.165) is 30.1 Å². The van der Waals surface area contributed by atoms with Crippen LogP contribution in [0.5, 0.6) is 0 Å². The molecule has 2 aromatic rings. The van der Waals surface area contributed by atoms with E-state index in [9.17, 15) is 4.79 Å². The summed E-state index contributed by atoms with van der Waals surface area (Å²) < 4.78 is 7.56. The average molecular weight is 457 g/mol. The molecule has 23 heavy (non-hydrogen) atoms. The van der Waals surface area contributed by atoms with Crippen molar-refractivity contribution in [3.63, 3.8) is 0 Å². The lowest BCUT2D eigenvalue weighted by Gasteiger charge is -2.33. The number of carbonyl (C=O) groups excluding carboxylic acids is 1. The lowest BCUT2D eigenvalue weighted by atomic mass is 10.2. The van der Waals surface area contributed by atoms with Crippen molar-refractivity contribution >= 4 is 61.1 Å². The molecule has 120 valence electrons. The molecule has 0 spiro atoms. The number of rotatable bonds is 0. The number of nitrogens with zero attached hydrogens (tertiary/aromatic N) is 1. The molecule has 0 fully saturated rings. The largest absolute Gasteiger partial charge is 0.443 e. The van der Waals surface area contributed by atoms with Crippen molar-refractivity contribution in [2.24, 2.45) is 0 Å². The van der Waals surface area contributed by atoms with Crippen LogP contribution in [0.4, 0.5) is 16.2 Å². The predicted molar refractivity (Wildman–Crippen MR) is 101 cm³/mol. The van der Waals surface area contributed by atoms with Crippen molar-refractivity contribution in [2.45, 2.75) is 36.2 Å². The lowest BCUT2D eigenvalue weighted by Crippen LogP contribution is -2.35. The van der Waals surface area contributed by atoms with Gasteiger partial charge in [-0.3, -0.25) is 0 Å². The van der Waals surface area contributed by atoms with Gasteiger partial charge in [-0.25, -0.2) is 9.69 Å². The standard InChI is InChI=1S/C17H15Br2NO2S/c1-17(2,3)22-16(21)20-12-6-4-10(18)8-14(12)23-15-9-11(19)5-7-13(15)20/h4-9H,1-3H3. The van der Waals surface area contributed by atoms with E-state index in [4.69, 9.17) is 4.74 Å². The first kappa shape index (κ1) is 16.9. The highest BCUT2D eigenvalue weighted by Crippen LogP contribution is 2.50. The van der Waals surface area contributed by atoms with Crippen LogP contribution in [-0.2, 0) is 4.74 Å². The molecular formula is C17H15Br2NO2S. The first-order valence-corrected chi connectivity index (χ1v) is 9.45. The van der Waals surface area contributed by atoms with Gasteiger partial charge < -0.3 is 4.74 Å². The second-order valence-corrected chi connectivity index (χ2v) is 9.06. The number of amides is 1. The zero-order valence-corrected chi connectivity index (χ0v) is 16.9. The third kappa shape index (κ3) is 3.59. The van der Waals surface area contributed by atoms with E-state index < -0.39 is 5.60 Å². The quantitative estimate of drug-likeness (QED) is 0.439. The zero-order chi connectivity index (χ0) is 16.8. The predicted octanol–water partition coefficient (Wildman–Crippen LogP) is 6.75. The van der Waals surface area contributed by atoms with Crippen LogP contribution in [0, 0.1) is 0 Å². The van der Waals surface area contributed by atoms with Crippen LogP contribution in [0.15, 0.2) is 55.1 Å². The van der Waals surface area contributed by atoms with E-state index >= 15 is 0 Å². The van der Waals surface area contributed by atoms with Crippen LogP contribution in [-0.4, -0.2) is 11.7 Å². The van der Waals surface area contributed by atoms with Gasteiger partial charge >= 0.3 is 6.09 Å². The molecule has 3 nitrogen and oxygen atoms in total. The van der Waals surface area contributed by atoms with Crippen LogP contribution in [0.3, 0.4) is 0 Å². The molecule has 0 unspecified atom stereocenters. The Morgan fingerprint density at radius 3 is 1.91 bits per heavy atom. The second-order valence-electron chi connectivity index (χ2n) is 6.14. The number of benzene rings is 2. The molecule has 0 N–H and O–H groups in total. The monoisotopic (exact) mass is 455 g/mol. The summed E-state index contributed by atoms with van der Waals surface area (Å²) in [5, 5.41) is 0. The van der Waals surface area contributed by atoms with E-state index in [1.54, 1.807) is 16.7 Å². The fraction of sp³-hybridized carbons (Fsp3) is 0.235. The van der Waals surface area contributed by atoms with Crippen molar-refractivity contribution in [3.05, 3.63) is 45.3 Å². The Labute approximate surface area is 156 Å². The first-order chi connectivity index (χ1) is 10.7. The summed E-state index contributed by atoms with van der Waals surface area (Å²) in [6.07, 6.45) is -0.370. The van der Waals surface area contributed by atoms with Crippen LogP contribution in [0.2, 0.25) is 0 Å². The van der Waals surface area contributed by atoms with Crippen molar-refractivity contribution in [1.29, 1.82) is 0 Å². The topological polar surface area (TPSA) is 29.5 Å². The van der Waals surface area contributed by atoms with Gasteiger partial charge in [0.25, 0.3) is 0 Å². The third-order valence-electron chi connectivity index (χ3n) is 3.12. The summed E-state index contributed by atoms with van der Waals surface area (Å²) in [7, 11) is 0. The number of halogens is 2. The minimum absolute atomic E-state index is 0.370. The number of ether oxygens (including phenoxy) is 1. The van der Waals surface area contributed by atoms with Crippen molar-refractivity contribution in [3.8, 4) is 0 Å². The van der Waals surface area contributed by atoms with Crippen LogP contribution in [0.25, 0.3) is 0 Å². The highest BCUT2D eigenvalue weighted by Gasteiger charge is 2.31. The average Bonchev–Trinajstić information content (AvgIpc) is 2.42. The lowest BCUT2D eigenvalue weighted by molar-refractivity contribution is 0.0597. The van der Waals surface area contributed by atoms with Gasteiger partial charge in [0.1, 0.15) is 5.60 Å². The summed E-state index contributed by atoms with van der Waals surface area (Å²) in [5.74, 6) is 0. The Morgan fingerprint density at radius 2 is 1.48 bits per heavy atom. The minimum atomic E-state index is -0.549. The van der Waals surface area contributed by atoms with Gasteiger partial charge in [0.2, 0.25) is 0 Å². The molecule has 1 heterocycles.